The lowest BCUT2D eigenvalue weighted by atomic mass is 9.87. The smallest absolute Gasteiger partial charge is 0.179 e. The maximum Gasteiger partial charge on any atom is 0.179 e. The number of hydrogen-bond donors (Lipinski definition) is 1. The van der Waals surface area contributed by atoms with Crippen molar-refractivity contribution in [2.45, 2.75) is 12.3 Å². The van der Waals surface area contributed by atoms with Gasteiger partial charge in [0.2, 0.25) is 0 Å². The molecule has 2 aromatic rings. The summed E-state index contributed by atoms with van der Waals surface area (Å²) in [5.74, 6) is 2.33. The quantitative estimate of drug-likeness (QED) is 0.791. The number of rotatable bonds is 4. The average Bonchev–Trinajstić information content (AvgIpc) is 2.84. The molecule has 136 valence electrons. The van der Waals surface area contributed by atoms with Gasteiger partial charge in [0.1, 0.15) is 5.75 Å². The topological polar surface area (TPSA) is 39.7 Å². The van der Waals surface area contributed by atoms with Gasteiger partial charge in [0.15, 0.2) is 11.5 Å². The molecule has 6 heteroatoms. The Labute approximate surface area is 164 Å². The van der Waals surface area contributed by atoms with Crippen LogP contribution in [0.2, 0.25) is 5.02 Å². The maximum atomic E-state index is 6.63. The van der Waals surface area contributed by atoms with Gasteiger partial charge in [0, 0.05) is 12.5 Å². The van der Waals surface area contributed by atoms with Crippen molar-refractivity contribution in [1.82, 2.24) is 5.32 Å². The molecule has 0 fully saturated rings. The predicted molar refractivity (Wildman–Crippen MR) is 106 cm³/mol. The van der Waals surface area contributed by atoms with Gasteiger partial charge >= 0.3 is 0 Å². The highest BCUT2D eigenvalue weighted by atomic mass is 79.9. The fourth-order valence-corrected chi connectivity index (χ4v) is 3.65. The van der Waals surface area contributed by atoms with Crippen molar-refractivity contribution in [3.63, 3.8) is 0 Å². The van der Waals surface area contributed by atoms with Gasteiger partial charge in [-0.15, -0.1) is 17.0 Å². The largest absolute Gasteiger partial charge is 0.497 e. The summed E-state index contributed by atoms with van der Waals surface area (Å²) in [5.41, 5.74) is 3.53. The van der Waals surface area contributed by atoms with E-state index in [9.17, 15) is 0 Å². The Bertz CT molecular complexity index is 722. The molecular weight excluding hydrogens is 406 g/mol. The Hall–Kier alpha value is -1.43. The average molecular weight is 429 g/mol. The minimum Gasteiger partial charge on any atom is -0.497 e. The second-order valence-corrected chi connectivity index (χ2v) is 6.15. The summed E-state index contributed by atoms with van der Waals surface area (Å²) >= 11 is 6.63. The fraction of sp³-hybridized carbons (Fsp3) is 0.368. The Morgan fingerprint density at radius 3 is 2.36 bits per heavy atom. The molecule has 1 aliphatic heterocycles. The molecule has 1 heterocycles. The van der Waals surface area contributed by atoms with Crippen LogP contribution in [0.25, 0.3) is 0 Å². The minimum atomic E-state index is 0. The van der Waals surface area contributed by atoms with Crippen LogP contribution in [0.5, 0.6) is 17.2 Å². The highest BCUT2D eigenvalue weighted by Crippen LogP contribution is 2.44. The zero-order valence-corrected chi connectivity index (χ0v) is 17.1. The van der Waals surface area contributed by atoms with E-state index in [4.69, 9.17) is 25.8 Å². The number of methoxy groups -OCH3 is 3. The molecule has 1 unspecified atom stereocenters. The van der Waals surface area contributed by atoms with E-state index < -0.39 is 0 Å². The van der Waals surface area contributed by atoms with E-state index in [0.29, 0.717) is 16.5 Å². The molecule has 0 amide bonds. The van der Waals surface area contributed by atoms with Gasteiger partial charge in [-0.25, -0.2) is 0 Å². The van der Waals surface area contributed by atoms with Gasteiger partial charge in [-0.05, 0) is 47.9 Å². The van der Waals surface area contributed by atoms with Crippen molar-refractivity contribution in [3.05, 3.63) is 52.0 Å². The third kappa shape index (κ3) is 3.89. The van der Waals surface area contributed by atoms with Crippen LogP contribution in [0.15, 0.2) is 30.3 Å². The first kappa shape index (κ1) is 19.9. The molecule has 0 aliphatic carbocycles. The molecule has 0 saturated carbocycles. The molecule has 1 aliphatic rings. The van der Waals surface area contributed by atoms with Crippen LogP contribution in [0.4, 0.5) is 0 Å². The molecule has 0 radical (unpaired) electrons. The number of halogens is 2. The highest BCUT2D eigenvalue weighted by Gasteiger charge is 2.26. The second kappa shape index (κ2) is 8.79. The number of hydrogen-bond acceptors (Lipinski definition) is 4. The van der Waals surface area contributed by atoms with Crippen molar-refractivity contribution in [1.29, 1.82) is 0 Å². The van der Waals surface area contributed by atoms with Gasteiger partial charge in [-0.3, -0.25) is 0 Å². The van der Waals surface area contributed by atoms with Gasteiger partial charge in [-0.2, -0.15) is 0 Å². The standard InChI is InChI=1S/C19H22ClNO3.BrH/c1-22-13-6-4-12(5-7-13)16-11-21-9-8-14-15(16)10-17(23-2)19(24-3)18(14)20;/h4-7,10,16,21H,8-9,11H2,1-3H3;1H. The van der Waals surface area contributed by atoms with Crippen molar-refractivity contribution < 1.29 is 14.2 Å². The maximum absolute atomic E-state index is 6.63. The summed E-state index contributed by atoms with van der Waals surface area (Å²) < 4.78 is 16.2. The zero-order valence-electron chi connectivity index (χ0n) is 14.6. The Kier molecular flexibility index (Phi) is 6.99. The molecule has 4 nitrogen and oxygen atoms in total. The van der Waals surface area contributed by atoms with E-state index in [1.165, 1.54) is 11.1 Å². The van der Waals surface area contributed by atoms with E-state index in [1.807, 2.05) is 12.1 Å². The predicted octanol–water partition coefficient (Wildman–Crippen LogP) is 4.22. The summed E-state index contributed by atoms with van der Waals surface area (Å²) in [6, 6.07) is 10.2. The molecule has 0 saturated heterocycles. The molecule has 0 bridgehead atoms. The summed E-state index contributed by atoms with van der Waals surface area (Å²) in [5, 5.41) is 4.15. The Morgan fingerprint density at radius 2 is 1.76 bits per heavy atom. The van der Waals surface area contributed by atoms with Gasteiger partial charge in [0.05, 0.1) is 26.4 Å². The van der Waals surface area contributed by atoms with E-state index in [2.05, 4.69) is 23.5 Å². The molecule has 0 aromatic heterocycles. The molecule has 3 rings (SSSR count). The fourth-order valence-electron chi connectivity index (χ4n) is 3.28. The lowest BCUT2D eigenvalue weighted by Gasteiger charge is -2.22. The molecule has 2 aromatic carbocycles. The zero-order chi connectivity index (χ0) is 17.1. The summed E-state index contributed by atoms with van der Waals surface area (Å²) in [6.07, 6.45) is 0.862. The normalized spacial score (nSPS) is 16.2. The van der Waals surface area contributed by atoms with E-state index in [-0.39, 0.29) is 22.9 Å². The van der Waals surface area contributed by atoms with Crippen LogP contribution in [-0.2, 0) is 6.42 Å². The van der Waals surface area contributed by atoms with Gasteiger partial charge in [0.25, 0.3) is 0 Å². The van der Waals surface area contributed by atoms with Crippen molar-refractivity contribution in [2.75, 3.05) is 34.4 Å². The number of nitrogens with one attached hydrogen (secondary N) is 1. The third-order valence-electron chi connectivity index (χ3n) is 4.54. The third-order valence-corrected chi connectivity index (χ3v) is 4.94. The van der Waals surface area contributed by atoms with Crippen molar-refractivity contribution in [3.8, 4) is 17.2 Å². The number of fused-ring (bicyclic) bond motifs is 1. The van der Waals surface area contributed by atoms with Crippen LogP contribution in [0.3, 0.4) is 0 Å². The lowest BCUT2D eigenvalue weighted by Crippen LogP contribution is -2.20. The van der Waals surface area contributed by atoms with E-state index >= 15 is 0 Å². The number of ether oxygens (including phenoxy) is 3. The Balaban J connectivity index is 0.00000225. The highest BCUT2D eigenvalue weighted by molar-refractivity contribution is 8.93. The molecule has 1 atom stereocenters. The van der Waals surface area contributed by atoms with Gasteiger partial charge < -0.3 is 19.5 Å². The molecule has 1 N–H and O–H groups in total. The number of benzene rings is 2. The van der Waals surface area contributed by atoms with Crippen LogP contribution >= 0.6 is 28.6 Å². The SMILES string of the molecule is Br.COc1ccc(C2CNCCc3c2cc(OC)c(OC)c3Cl)cc1. The summed E-state index contributed by atoms with van der Waals surface area (Å²) in [6.45, 7) is 1.74. The van der Waals surface area contributed by atoms with Crippen molar-refractivity contribution >= 4 is 28.6 Å². The lowest BCUT2D eigenvalue weighted by molar-refractivity contribution is 0.354. The first-order valence-electron chi connectivity index (χ1n) is 7.97. The summed E-state index contributed by atoms with van der Waals surface area (Å²) in [4.78, 5) is 0. The van der Waals surface area contributed by atoms with Crippen molar-refractivity contribution in [2.24, 2.45) is 0 Å². The first-order valence-corrected chi connectivity index (χ1v) is 8.35. The van der Waals surface area contributed by atoms with Crippen LogP contribution in [-0.4, -0.2) is 34.4 Å². The molecule has 25 heavy (non-hydrogen) atoms. The molecular formula is C19H23BrClNO3. The summed E-state index contributed by atoms with van der Waals surface area (Å²) in [7, 11) is 4.93. The van der Waals surface area contributed by atoms with Crippen LogP contribution in [0, 0.1) is 0 Å². The van der Waals surface area contributed by atoms with E-state index in [0.717, 1.165) is 30.8 Å². The van der Waals surface area contributed by atoms with Crippen LogP contribution in [0.1, 0.15) is 22.6 Å². The Morgan fingerprint density at radius 1 is 1.04 bits per heavy atom. The van der Waals surface area contributed by atoms with Crippen LogP contribution < -0.4 is 19.5 Å². The first-order chi connectivity index (χ1) is 11.7. The molecule has 0 spiro atoms. The second-order valence-electron chi connectivity index (χ2n) is 5.77. The monoisotopic (exact) mass is 427 g/mol. The van der Waals surface area contributed by atoms with E-state index in [1.54, 1.807) is 21.3 Å². The minimum absolute atomic E-state index is 0. The van der Waals surface area contributed by atoms with Gasteiger partial charge in [-0.1, -0.05) is 23.7 Å².